The van der Waals surface area contributed by atoms with Crippen LogP contribution in [-0.2, 0) is 9.59 Å². The highest BCUT2D eigenvalue weighted by molar-refractivity contribution is 6.44. The summed E-state index contributed by atoms with van der Waals surface area (Å²) < 4.78 is 5.57. The number of hydrogen-bond acceptors (Lipinski definition) is 5. The van der Waals surface area contributed by atoms with Gasteiger partial charge in [-0.05, 0) is 19.4 Å². The molecule has 1 fully saturated rings. The number of amides is 5. The van der Waals surface area contributed by atoms with E-state index in [0.29, 0.717) is 22.6 Å². The maximum absolute atomic E-state index is 12.3. The molecule has 9 heteroatoms. The van der Waals surface area contributed by atoms with Crippen molar-refractivity contribution in [1.82, 2.24) is 15.1 Å². The Morgan fingerprint density at radius 3 is 2.58 bits per heavy atom. The van der Waals surface area contributed by atoms with Crippen LogP contribution in [0.2, 0.25) is 5.02 Å². The summed E-state index contributed by atoms with van der Waals surface area (Å²) in [5.41, 5.74) is 1.13. The molecule has 0 radical (unpaired) electrons. The standard InChI is InChI=1S/C17H16ClN3O5/c1-9-10-5-3-6-11(18)13(10)26-12(9)14(22)19-7-4-8-21-16(24)15(23)20(2)17(21)25/h3,5-6H,4,7-8H2,1-2H3,(H,19,22). The lowest BCUT2D eigenvalue weighted by Crippen LogP contribution is -2.34. The zero-order valence-electron chi connectivity index (χ0n) is 14.2. The van der Waals surface area contributed by atoms with Crippen molar-refractivity contribution in [3.63, 3.8) is 0 Å². The summed E-state index contributed by atoms with van der Waals surface area (Å²) in [5.74, 6) is -1.96. The van der Waals surface area contributed by atoms with Crippen molar-refractivity contribution in [3.05, 3.63) is 34.5 Å². The molecular weight excluding hydrogens is 362 g/mol. The molecule has 1 aromatic heterocycles. The van der Waals surface area contributed by atoms with E-state index in [1.165, 1.54) is 7.05 Å². The van der Waals surface area contributed by atoms with Gasteiger partial charge in [0, 0.05) is 31.1 Å². The third-order valence-corrected chi connectivity index (χ3v) is 4.51. The van der Waals surface area contributed by atoms with Gasteiger partial charge in [-0.3, -0.25) is 24.2 Å². The molecule has 0 bridgehead atoms. The lowest BCUT2D eigenvalue weighted by Gasteiger charge is -2.12. The quantitative estimate of drug-likeness (QED) is 0.487. The summed E-state index contributed by atoms with van der Waals surface area (Å²) in [6, 6.07) is 4.61. The van der Waals surface area contributed by atoms with E-state index in [1.54, 1.807) is 19.1 Å². The lowest BCUT2D eigenvalue weighted by molar-refractivity contribution is -0.142. The average Bonchev–Trinajstić information content (AvgIpc) is 3.05. The smallest absolute Gasteiger partial charge is 0.333 e. The molecule has 1 N–H and O–H groups in total. The highest BCUT2D eigenvalue weighted by atomic mass is 35.5. The summed E-state index contributed by atoms with van der Waals surface area (Å²) in [6.07, 6.45) is 0.310. The van der Waals surface area contributed by atoms with Crippen LogP contribution in [0, 0.1) is 6.92 Å². The minimum atomic E-state index is -0.855. The monoisotopic (exact) mass is 377 g/mol. The number of aryl methyl sites for hydroxylation is 1. The van der Waals surface area contributed by atoms with Gasteiger partial charge >= 0.3 is 17.8 Å². The van der Waals surface area contributed by atoms with Crippen molar-refractivity contribution in [1.29, 1.82) is 0 Å². The summed E-state index contributed by atoms with van der Waals surface area (Å²) in [7, 11) is 1.25. The van der Waals surface area contributed by atoms with Crippen molar-refractivity contribution >= 4 is 46.3 Å². The summed E-state index contributed by atoms with van der Waals surface area (Å²) in [5, 5.41) is 3.86. The molecule has 0 atom stereocenters. The zero-order valence-corrected chi connectivity index (χ0v) is 14.9. The van der Waals surface area contributed by atoms with Gasteiger partial charge in [0.05, 0.1) is 5.02 Å². The molecule has 2 aromatic rings. The molecule has 1 aliphatic rings. The van der Waals surface area contributed by atoms with Crippen molar-refractivity contribution < 1.29 is 23.6 Å². The molecule has 136 valence electrons. The number of hydrogen-bond donors (Lipinski definition) is 1. The van der Waals surface area contributed by atoms with E-state index in [2.05, 4.69) is 5.32 Å². The number of benzene rings is 1. The van der Waals surface area contributed by atoms with Crippen LogP contribution in [0.25, 0.3) is 11.0 Å². The molecule has 2 heterocycles. The van der Waals surface area contributed by atoms with Crippen molar-refractivity contribution in [3.8, 4) is 0 Å². The fourth-order valence-electron chi connectivity index (χ4n) is 2.76. The highest BCUT2D eigenvalue weighted by Gasteiger charge is 2.41. The first kappa shape index (κ1) is 17.9. The predicted octanol–water partition coefficient (Wildman–Crippen LogP) is 1.94. The Hall–Kier alpha value is -2.87. The molecule has 0 unspecified atom stereocenters. The van der Waals surface area contributed by atoms with Gasteiger partial charge in [0.25, 0.3) is 5.91 Å². The van der Waals surface area contributed by atoms with E-state index in [4.69, 9.17) is 16.0 Å². The molecule has 26 heavy (non-hydrogen) atoms. The Labute approximate surface area is 153 Å². The predicted molar refractivity (Wildman–Crippen MR) is 92.8 cm³/mol. The number of para-hydroxylation sites is 1. The number of nitrogens with one attached hydrogen (secondary N) is 1. The second-order valence-corrected chi connectivity index (χ2v) is 6.29. The number of urea groups is 1. The number of fused-ring (bicyclic) bond motifs is 1. The van der Waals surface area contributed by atoms with Gasteiger partial charge in [-0.1, -0.05) is 23.7 Å². The highest BCUT2D eigenvalue weighted by Crippen LogP contribution is 2.30. The fraction of sp³-hybridized carbons (Fsp3) is 0.294. The van der Waals surface area contributed by atoms with Gasteiger partial charge in [0.15, 0.2) is 11.3 Å². The Kier molecular flexibility index (Phi) is 4.69. The van der Waals surface area contributed by atoms with Crippen LogP contribution < -0.4 is 5.32 Å². The Morgan fingerprint density at radius 2 is 1.96 bits per heavy atom. The van der Waals surface area contributed by atoms with Gasteiger partial charge in [0.2, 0.25) is 0 Å². The first-order valence-electron chi connectivity index (χ1n) is 7.92. The van der Waals surface area contributed by atoms with E-state index >= 15 is 0 Å². The van der Waals surface area contributed by atoms with Gasteiger partial charge in [-0.25, -0.2) is 4.79 Å². The largest absolute Gasteiger partial charge is 0.449 e. The molecule has 1 saturated heterocycles. The van der Waals surface area contributed by atoms with E-state index < -0.39 is 23.8 Å². The maximum Gasteiger partial charge on any atom is 0.333 e. The average molecular weight is 378 g/mol. The first-order chi connectivity index (χ1) is 12.3. The number of halogens is 1. The van der Waals surface area contributed by atoms with Crippen molar-refractivity contribution in [2.45, 2.75) is 13.3 Å². The number of likely N-dealkylation sites (N-methyl/N-ethyl adjacent to an activating group) is 1. The number of furan rings is 1. The van der Waals surface area contributed by atoms with Crippen LogP contribution in [0.15, 0.2) is 22.6 Å². The molecule has 5 amide bonds. The van der Waals surface area contributed by atoms with Crippen LogP contribution in [0.1, 0.15) is 22.5 Å². The Bertz CT molecular complexity index is 936. The van der Waals surface area contributed by atoms with Crippen LogP contribution in [0.4, 0.5) is 4.79 Å². The third kappa shape index (κ3) is 2.92. The minimum absolute atomic E-state index is 0.0406. The Balaban J connectivity index is 1.59. The normalized spacial score (nSPS) is 14.7. The summed E-state index contributed by atoms with van der Waals surface area (Å²) in [4.78, 5) is 48.8. The van der Waals surface area contributed by atoms with E-state index in [-0.39, 0.29) is 18.8 Å². The minimum Gasteiger partial charge on any atom is -0.449 e. The number of imide groups is 2. The van der Waals surface area contributed by atoms with E-state index in [9.17, 15) is 19.2 Å². The maximum atomic E-state index is 12.3. The second kappa shape index (κ2) is 6.80. The number of nitrogens with zero attached hydrogens (tertiary/aromatic N) is 2. The number of carbonyl (C=O) groups is 4. The van der Waals surface area contributed by atoms with Crippen molar-refractivity contribution in [2.24, 2.45) is 0 Å². The molecule has 0 spiro atoms. The second-order valence-electron chi connectivity index (χ2n) is 5.89. The molecular formula is C17H16ClN3O5. The van der Waals surface area contributed by atoms with Gasteiger partial charge in [0.1, 0.15) is 0 Å². The van der Waals surface area contributed by atoms with Gasteiger partial charge < -0.3 is 9.73 Å². The molecule has 8 nitrogen and oxygen atoms in total. The molecule has 1 aromatic carbocycles. The Morgan fingerprint density at radius 1 is 1.23 bits per heavy atom. The topological polar surface area (TPSA) is 99.9 Å². The van der Waals surface area contributed by atoms with Gasteiger partial charge in [-0.2, -0.15) is 0 Å². The molecule has 0 saturated carbocycles. The summed E-state index contributed by atoms with van der Waals surface area (Å²) >= 11 is 6.07. The number of carbonyl (C=O) groups excluding carboxylic acids is 4. The van der Waals surface area contributed by atoms with E-state index in [0.717, 1.165) is 15.2 Å². The SMILES string of the molecule is Cc1c(C(=O)NCCCN2C(=O)C(=O)N(C)C2=O)oc2c(Cl)cccc12. The van der Waals surface area contributed by atoms with Crippen LogP contribution in [-0.4, -0.2) is 53.7 Å². The van der Waals surface area contributed by atoms with Crippen molar-refractivity contribution in [2.75, 3.05) is 20.1 Å². The lowest BCUT2D eigenvalue weighted by atomic mass is 10.1. The first-order valence-corrected chi connectivity index (χ1v) is 8.30. The molecule has 0 aliphatic carbocycles. The third-order valence-electron chi connectivity index (χ3n) is 4.22. The van der Waals surface area contributed by atoms with Crippen LogP contribution in [0.5, 0.6) is 0 Å². The van der Waals surface area contributed by atoms with Crippen LogP contribution >= 0.6 is 11.6 Å². The van der Waals surface area contributed by atoms with Crippen LogP contribution in [0.3, 0.4) is 0 Å². The zero-order chi connectivity index (χ0) is 19.0. The van der Waals surface area contributed by atoms with E-state index in [1.807, 2.05) is 6.07 Å². The molecule has 3 rings (SSSR count). The fourth-order valence-corrected chi connectivity index (χ4v) is 2.97. The number of rotatable bonds is 5. The van der Waals surface area contributed by atoms with Gasteiger partial charge in [-0.15, -0.1) is 0 Å². The molecule has 1 aliphatic heterocycles. The summed E-state index contributed by atoms with van der Waals surface area (Å²) in [6.45, 7) is 2.01.